The zero-order valence-electron chi connectivity index (χ0n) is 17.4. The summed E-state index contributed by atoms with van der Waals surface area (Å²) in [6.07, 6.45) is 1.49. The van der Waals surface area contributed by atoms with Crippen molar-refractivity contribution in [2.75, 3.05) is 5.32 Å². The molecule has 1 N–H and O–H groups in total. The van der Waals surface area contributed by atoms with Crippen molar-refractivity contribution in [1.29, 1.82) is 0 Å². The van der Waals surface area contributed by atoms with Gasteiger partial charge in [-0.3, -0.25) is 9.48 Å². The maximum absolute atomic E-state index is 14.0. The molecule has 0 radical (unpaired) electrons. The summed E-state index contributed by atoms with van der Waals surface area (Å²) in [6, 6.07) is 16.2. The van der Waals surface area contributed by atoms with Crippen LogP contribution < -0.4 is 10.1 Å². The summed E-state index contributed by atoms with van der Waals surface area (Å²) in [4.78, 5) is 12.6. The van der Waals surface area contributed by atoms with Gasteiger partial charge in [-0.05, 0) is 48.0 Å². The SMILES string of the molecule is O=C(Nc1nn(Cc2c(F)cccc2Cl)cc1Cl)c1ccc(COc2ccc(Cl)cc2Cl)cc1. The van der Waals surface area contributed by atoms with Gasteiger partial charge in [0, 0.05) is 27.4 Å². The Morgan fingerprint density at radius 1 is 0.971 bits per heavy atom. The van der Waals surface area contributed by atoms with E-state index in [9.17, 15) is 9.18 Å². The Kier molecular flexibility index (Phi) is 7.63. The molecule has 4 rings (SSSR count). The first-order chi connectivity index (χ1) is 16.3. The summed E-state index contributed by atoms with van der Waals surface area (Å²) < 4.78 is 21.2. The molecule has 0 saturated heterocycles. The highest BCUT2D eigenvalue weighted by Crippen LogP contribution is 2.28. The monoisotopic (exact) mass is 537 g/mol. The van der Waals surface area contributed by atoms with Crippen molar-refractivity contribution in [3.63, 3.8) is 0 Å². The number of carbonyl (C=O) groups excluding carboxylic acids is 1. The average Bonchev–Trinajstić information content (AvgIpc) is 3.14. The van der Waals surface area contributed by atoms with Crippen LogP contribution in [0.15, 0.2) is 66.9 Å². The van der Waals surface area contributed by atoms with Crippen LogP contribution in [-0.4, -0.2) is 15.7 Å². The fraction of sp³-hybridized carbons (Fsp3) is 0.0833. The third-order valence-corrected chi connectivity index (χ3v) is 6.00. The Balaban J connectivity index is 1.39. The summed E-state index contributed by atoms with van der Waals surface area (Å²) in [5, 5.41) is 8.32. The highest BCUT2D eigenvalue weighted by atomic mass is 35.5. The van der Waals surface area contributed by atoms with Crippen molar-refractivity contribution in [1.82, 2.24) is 9.78 Å². The number of anilines is 1. The molecule has 34 heavy (non-hydrogen) atoms. The van der Waals surface area contributed by atoms with Gasteiger partial charge in [-0.1, -0.05) is 64.6 Å². The van der Waals surface area contributed by atoms with Crippen LogP contribution >= 0.6 is 46.4 Å². The lowest BCUT2D eigenvalue weighted by Crippen LogP contribution is -2.13. The highest BCUT2D eigenvalue weighted by Gasteiger charge is 2.15. The summed E-state index contributed by atoms with van der Waals surface area (Å²) >= 11 is 24.3. The Bertz CT molecular complexity index is 1320. The first-order valence-corrected chi connectivity index (χ1v) is 11.5. The second kappa shape index (κ2) is 10.7. The Labute approximate surface area is 215 Å². The summed E-state index contributed by atoms with van der Waals surface area (Å²) in [7, 11) is 0. The van der Waals surface area contributed by atoms with E-state index >= 15 is 0 Å². The van der Waals surface area contributed by atoms with Crippen LogP contribution in [-0.2, 0) is 13.2 Å². The van der Waals surface area contributed by atoms with Crippen molar-refractivity contribution in [3.8, 4) is 5.75 Å². The third-order valence-electron chi connectivity index (χ3n) is 4.84. The molecule has 0 spiro atoms. The van der Waals surface area contributed by atoms with Gasteiger partial charge in [0.15, 0.2) is 5.82 Å². The summed E-state index contributed by atoms with van der Waals surface area (Å²) in [6.45, 7) is 0.325. The molecule has 3 aromatic carbocycles. The molecule has 0 bridgehead atoms. The number of hydrogen-bond acceptors (Lipinski definition) is 3. The highest BCUT2D eigenvalue weighted by molar-refractivity contribution is 6.35. The minimum absolute atomic E-state index is 0.0629. The second-order valence-corrected chi connectivity index (χ2v) is 8.90. The number of ether oxygens (including phenoxy) is 1. The number of halogens is 5. The molecule has 10 heteroatoms. The van der Waals surface area contributed by atoms with E-state index in [2.05, 4.69) is 10.4 Å². The number of amides is 1. The van der Waals surface area contributed by atoms with Gasteiger partial charge in [-0.15, -0.1) is 0 Å². The number of carbonyl (C=O) groups is 1. The number of aromatic nitrogens is 2. The lowest BCUT2D eigenvalue weighted by atomic mass is 10.1. The molecule has 5 nitrogen and oxygen atoms in total. The zero-order chi connectivity index (χ0) is 24.2. The summed E-state index contributed by atoms with van der Waals surface area (Å²) in [5.41, 5.74) is 1.52. The van der Waals surface area contributed by atoms with Gasteiger partial charge in [0.25, 0.3) is 5.91 Å². The minimum Gasteiger partial charge on any atom is -0.487 e. The molecule has 0 aliphatic heterocycles. The lowest BCUT2D eigenvalue weighted by molar-refractivity contribution is 0.102. The van der Waals surface area contributed by atoms with Gasteiger partial charge in [0.2, 0.25) is 0 Å². The van der Waals surface area contributed by atoms with E-state index in [1.807, 2.05) is 0 Å². The van der Waals surface area contributed by atoms with Crippen molar-refractivity contribution >= 4 is 58.1 Å². The van der Waals surface area contributed by atoms with Crippen molar-refractivity contribution in [3.05, 3.63) is 109 Å². The molecule has 1 aromatic heterocycles. The minimum atomic E-state index is -0.452. The number of benzene rings is 3. The molecular weight excluding hydrogens is 523 g/mol. The molecule has 0 unspecified atom stereocenters. The van der Waals surface area contributed by atoms with Gasteiger partial charge in [-0.2, -0.15) is 5.10 Å². The van der Waals surface area contributed by atoms with Crippen LogP contribution in [0.1, 0.15) is 21.5 Å². The second-order valence-electron chi connectivity index (χ2n) is 7.24. The summed E-state index contributed by atoms with van der Waals surface area (Å²) in [5.74, 6) is -0.185. The van der Waals surface area contributed by atoms with E-state index in [0.717, 1.165) is 5.56 Å². The molecule has 0 saturated carbocycles. The van der Waals surface area contributed by atoms with Crippen LogP contribution in [0.5, 0.6) is 5.75 Å². The van der Waals surface area contributed by atoms with E-state index in [0.29, 0.717) is 21.4 Å². The van der Waals surface area contributed by atoms with Gasteiger partial charge < -0.3 is 10.1 Å². The third kappa shape index (κ3) is 5.83. The van der Waals surface area contributed by atoms with Gasteiger partial charge in [0.05, 0.1) is 11.6 Å². The lowest BCUT2D eigenvalue weighted by Gasteiger charge is -2.09. The first kappa shape index (κ1) is 24.4. The number of nitrogens with one attached hydrogen (secondary N) is 1. The van der Waals surface area contributed by atoms with Gasteiger partial charge >= 0.3 is 0 Å². The molecule has 4 aromatic rings. The molecule has 174 valence electrons. The number of rotatable bonds is 7. The van der Waals surface area contributed by atoms with Crippen molar-refractivity contribution < 1.29 is 13.9 Å². The smallest absolute Gasteiger partial charge is 0.256 e. The fourth-order valence-corrected chi connectivity index (χ4v) is 3.98. The van der Waals surface area contributed by atoms with Gasteiger partial charge in [0.1, 0.15) is 23.2 Å². The first-order valence-electron chi connectivity index (χ1n) is 9.94. The number of hydrogen-bond donors (Lipinski definition) is 1. The van der Waals surface area contributed by atoms with Crippen LogP contribution in [0.25, 0.3) is 0 Å². The van der Waals surface area contributed by atoms with E-state index in [-0.39, 0.29) is 34.6 Å². The van der Waals surface area contributed by atoms with Crippen molar-refractivity contribution in [2.45, 2.75) is 13.2 Å². The molecule has 0 aliphatic carbocycles. The number of nitrogens with zero attached hydrogens (tertiary/aromatic N) is 2. The Morgan fingerprint density at radius 2 is 1.74 bits per heavy atom. The fourth-order valence-electron chi connectivity index (χ4n) is 3.09. The largest absolute Gasteiger partial charge is 0.487 e. The standard InChI is InChI=1S/C24H16Cl4FN3O2/c25-16-8-9-22(19(27)10-16)34-13-14-4-6-15(7-5-14)24(33)30-23-20(28)12-32(31-23)11-17-18(26)2-1-3-21(17)29/h1-10,12H,11,13H2,(H,30,31,33). The zero-order valence-corrected chi connectivity index (χ0v) is 20.4. The van der Waals surface area contributed by atoms with Crippen LogP contribution in [0, 0.1) is 5.82 Å². The molecule has 1 heterocycles. The average molecular weight is 539 g/mol. The maximum Gasteiger partial charge on any atom is 0.256 e. The molecular formula is C24H16Cl4FN3O2. The maximum atomic E-state index is 14.0. The van der Waals surface area contributed by atoms with E-state index < -0.39 is 11.7 Å². The Hall–Kier alpha value is -2.77. The Morgan fingerprint density at radius 3 is 2.44 bits per heavy atom. The molecule has 1 amide bonds. The molecule has 0 aliphatic rings. The van der Waals surface area contributed by atoms with E-state index in [1.165, 1.54) is 23.0 Å². The topological polar surface area (TPSA) is 56.2 Å². The van der Waals surface area contributed by atoms with Crippen molar-refractivity contribution in [2.24, 2.45) is 0 Å². The quantitative estimate of drug-likeness (QED) is 0.265. The molecule has 0 fully saturated rings. The molecule has 0 atom stereocenters. The van der Waals surface area contributed by atoms with E-state index in [1.54, 1.807) is 48.5 Å². The van der Waals surface area contributed by atoms with Crippen LogP contribution in [0.2, 0.25) is 20.1 Å². The van der Waals surface area contributed by atoms with Crippen LogP contribution in [0.4, 0.5) is 10.2 Å². The predicted molar refractivity (Wildman–Crippen MR) is 133 cm³/mol. The normalized spacial score (nSPS) is 10.9. The van der Waals surface area contributed by atoms with E-state index in [4.69, 9.17) is 51.1 Å². The predicted octanol–water partition coefficient (Wildman–Crippen LogP) is 7.52. The van der Waals surface area contributed by atoms with Gasteiger partial charge in [-0.25, -0.2) is 4.39 Å². The van der Waals surface area contributed by atoms with Crippen LogP contribution in [0.3, 0.4) is 0 Å².